The first-order valence-electron chi connectivity index (χ1n) is 4.92. The van der Waals surface area contributed by atoms with Gasteiger partial charge in [0.05, 0.1) is 6.54 Å². The van der Waals surface area contributed by atoms with Gasteiger partial charge in [-0.15, -0.1) is 0 Å². The largest absolute Gasteiger partial charge is 0.357 e. The summed E-state index contributed by atoms with van der Waals surface area (Å²) in [5, 5.41) is 3.61. The van der Waals surface area contributed by atoms with Crippen LogP contribution in [-0.2, 0) is 21.0 Å². The number of hydrogen-bond acceptors (Lipinski definition) is 3. The maximum absolute atomic E-state index is 10.6. The molecule has 0 unspecified atom stereocenters. The highest BCUT2D eigenvalue weighted by Gasteiger charge is 2.01. The first-order chi connectivity index (χ1) is 7.86. The van der Waals surface area contributed by atoms with Gasteiger partial charge in [0.25, 0.3) is 0 Å². The second-order valence-corrected chi connectivity index (χ2v) is 3.08. The minimum Gasteiger partial charge on any atom is -0.357 e. The van der Waals surface area contributed by atoms with Gasteiger partial charge in [-0.1, -0.05) is 30.3 Å². The van der Waals surface area contributed by atoms with Gasteiger partial charge in [-0.2, -0.15) is 0 Å². The Kier molecular flexibility index (Phi) is 5.65. The lowest BCUT2D eigenvalue weighted by Crippen LogP contribution is -2.30. The molecule has 0 bridgehead atoms. The van der Waals surface area contributed by atoms with Crippen LogP contribution in [0, 0.1) is 0 Å². The van der Waals surface area contributed by atoms with Crippen molar-refractivity contribution < 1.29 is 14.4 Å². The van der Waals surface area contributed by atoms with Crippen LogP contribution in [0.1, 0.15) is 5.56 Å². The summed E-state index contributed by atoms with van der Waals surface area (Å²) in [5.74, 6) is 0. The smallest absolute Gasteiger partial charge is 0.233 e. The second kappa shape index (κ2) is 7.42. The van der Waals surface area contributed by atoms with E-state index in [1.165, 1.54) is 0 Å². The van der Waals surface area contributed by atoms with Crippen molar-refractivity contribution in [1.82, 2.24) is 10.4 Å². The maximum atomic E-state index is 10.6. The zero-order chi connectivity index (χ0) is 11.6. The van der Waals surface area contributed by atoms with Gasteiger partial charge in [0, 0.05) is 6.54 Å². The van der Waals surface area contributed by atoms with Crippen molar-refractivity contribution in [3.05, 3.63) is 35.9 Å². The van der Waals surface area contributed by atoms with E-state index in [1.54, 1.807) is 0 Å². The number of hydroxylamine groups is 2. The number of hydrogen-bond donors (Lipinski definition) is 1. The summed E-state index contributed by atoms with van der Waals surface area (Å²) in [6.07, 6.45) is 1.18. The fourth-order valence-electron chi connectivity index (χ4n) is 1.11. The number of carbonyl (C=O) groups excluding carboxylic acids is 2. The number of rotatable bonds is 8. The summed E-state index contributed by atoms with van der Waals surface area (Å²) < 4.78 is 0. The predicted octanol–water partition coefficient (Wildman–Crippen LogP) is 0.323. The lowest BCUT2D eigenvalue weighted by atomic mass is 10.2. The first kappa shape index (κ1) is 12.2. The molecule has 0 spiro atoms. The molecule has 0 radical (unpaired) electrons. The van der Waals surface area contributed by atoms with Gasteiger partial charge < -0.3 is 5.32 Å². The summed E-state index contributed by atoms with van der Waals surface area (Å²) in [5.41, 5.74) is 0.984. The summed E-state index contributed by atoms with van der Waals surface area (Å²) in [7, 11) is 0. The molecule has 0 heterocycles. The van der Waals surface area contributed by atoms with E-state index in [2.05, 4.69) is 5.32 Å². The Morgan fingerprint density at radius 1 is 1.25 bits per heavy atom. The van der Waals surface area contributed by atoms with E-state index in [0.717, 1.165) is 10.6 Å². The molecule has 16 heavy (non-hydrogen) atoms. The van der Waals surface area contributed by atoms with Crippen LogP contribution < -0.4 is 5.32 Å². The second-order valence-electron chi connectivity index (χ2n) is 3.08. The Morgan fingerprint density at radius 3 is 2.62 bits per heavy atom. The molecule has 0 atom stereocenters. The summed E-state index contributed by atoms with van der Waals surface area (Å²) in [4.78, 5) is 25.8. The molecule has 5 heteroatoms. The van der Waals surface area contributed by atoms with Gasteiger partial charge in [0.2, 0.25) is 12.8 Å². The van der Waals surface area contributed by atoms with E-state index >= 15 is 0 Å². The van der Waals surface area contributed by atoms with Crippen LogP contribution in [0.4, 0.5) is 0 Å². The average Bonchev–Trinajstić information content (AvgIpc) is 2.35. The summed E-state index contributed by atoms with van der Waals surface area (Å²) in [6.45, 7) is 1.03. The third kappa shape index (κ3) is 4.56. The zero-order valence-electron chi connectivity index (χ0n) is 8.83. The molecule has 0 saturated heterocycles. The number of benzene rings is 1. The first-order valence-corrected chi connectivity index (χ1v) is 4.92. The standard InChI is InChI=1S/C11H14N2O3/c14-9-12-6-7-13(10-15)16-8-11-4-2-1-3-5-11/h1-5,9-10H,6-8H2,(H,12,14). The number of nitrogens with one attached hydrogen (secondary N) is 1. The molecule has 0 fully saturated rings. The molecule has 1 aromatic rings. The van der Waals surface area contributed by atoms with Crippen molar-refractivity contribution in [2.45, 2.75) is 6.61 Å². The summed E-state index contributed by atoms with van der Waals surface area (Å²) >= 11 is 0. The maximum Gasteiger partial charge on any atom is 0.233 e. The van der Waals surface area contributed by atoms with Gasteiger partial charge in [-0.3, -0.25) is 14.4 Å². The van der Waals surface area contributed by atoms with Crippen LogP contribution in [0.5, 0.6) is 0 Å². The normalized spacial score (nSPS) is 9.50. The van der Waals surface area contributed by atoms with Crippen molar-refractivity contribution in [2.24, 2.45) is 0 Å². The molecule has 5 nitrogen and oxygen atoms in total. The molecule has 1 rings (SSSR count). The van der Waals surface area contributed by atoms with E-state index in [1.807, 2.05) is 30.3 Å². The Morgan fingerprint density at radius 2 is 2.00 bits per heavy atom. The van der Waals surface area contributed by atoms with Crippen LogP contribution in [0.15, 0.2) is 30.3 Å². The quantitative estimate of drug-likeness (QED) is 0.391. The Labute approximate surface area is 94.0 Å². The Bertz CT molecular complexity index is 316. The zero-order valence-corrected chi connectivity index (χ0v) is 8.83. The molecule has 86 valence electrons. The Balaban J connectivity index is 2.28. The van der Waals surface area contributed by atoms with Crippen molar-refractivity contribution in [2.75, 3.05) is 13.1 Å². The SMILES string of the molecule is O=CNCCN(C=O)OCc1ccccc1. The highest BCUT2D eigenvalue weighted by atomic mass is 16.7. The fraction of sp³-hybridized carbons (Fsp3) is 0.273. The van der Waals surface area contributed by atoms with E-state index in [4.69, 9.17) is 4.84 Å². The predicted molar refractivity (Wildman–Crippen MR) is 58.1 cm³/mol. The van der Waals surface area contributed by atoms with Crippen molar-refractivity contribution >= 4 is 12.8 Å². The number of amides is 2. The van der Waals surface area contributed by atoms with E-state index < -0.39 is 0 Å². The van der Waals surface area contributed by atoms with E-state index in [-0.39, 0.29) is 0 Å². The van der Waals surface area contributed by atoms with Gasteiger partial charge >= 0.3 is 0 Å². The molecule has 0 saturated carbocycles. The molecule has 2 amide bonds. The van der Waals surface area contributed by atoms with Crippen LogP contribution in [-0.4, -0.2) is 31.0 Å². The van der Waals surface area contributed by atoms with Crippen molar-refractivity contribution in [3.8, 4) is 0 Å². The van der Waals surface area contributed by atoms with Crippen LogP contribution in [0.2, 0.25) is 0 Å². The monoisotopic (exact) mass is 222 g/mol. The van der Waals surface area contributed by atoms with Crippen LogP contribution in [0.3, 0.4) is 0 Å². The van der Waals surface area contributed by atoms with Gasteiger partial charge in [0.15, 0.2) is 0 Å². The summed E-state index contributed by atoms with van der Waals surface area (Å²) in [6, 6.07) is 9.53. The fourth-order valence-corrected chi connectivity index (χ4v) is 1.11. The molecule has 0 aromatic heterocycles. The van der Waals surface area contributed by atoms with Gasteiger partial charge in [-0.05, 0) is 5.56 Å². The molecule has 0 aliphatic carbocycles. The number of nitrogens with zero attached hydrogens (tertiary/aromatic N) is 1. The Hall–Kier alpha value is -1.88. The molecule has 0 aliphatic rings. The van der Waals surface area contributed by atoms with Crippen molar-refractivity contribution in [3.63, 3.8) is 0 Å². The highest BCUT2D eigenvalue weighted by Crippen LogP contribution is 2.01. The number of carbonyl (C=O) groups is 2. The van der Waals surface area contributed by atoms with Crippen LogP contribution in [0.25, 0.3) is 0 Å². The van der Waals surface area contributed by atoms with Gasteiger partial charge in [-0.25, -0.2) is 5.06 Å². The molecule has 1 N–H and O–H groups in total. The third-order valence-corrected chi connectivity index (χ3v) is 1.92. The lowest BCUT2D eigenvalue weighted by molar-refractivity contribution is -0.176. The average molecular weight is 222 g/mol. The molecule has 1 aromatic carbocycles. The highest BCUT2D eigenvalue weighted by molar-refractivity contribution is 5.47. The molecule has 0 aliphatic heterocycles. The van der Waals surface area contributed by atoms with Gasteiger partial charge in [0.1, 0.15) is 6.61 Å². The lowest BCUT2D eigenvalue weighted by Gasteiger charge is -2.16. The van der Waals surface area contributed by atoms with Crippen LogP contribution >= 0.6 is 0 Å². The van der Waals surface area contributed by atoms with Crippen molar-refractivity contribution in [1.29, 1.82) is 0 Å². The van der Waals surface area contributed by atoms with E-state index in [0.29, 0.717) is 32.5 Å². The molecular formula is C11H14N2O3. The van der Waals surface area contributed by atoms with E-state index in [9.17, 15) is 9.59 Å². The minimum absolute atomic E-state index is 0.328. The topological polar surface area (TPSA) is 58.6 Å². The molecular weight excluding hydrogens is 208 g/mol. The minimum atomic E-state index is 0.328. The third-order valence-electron chi connectivity index (χ3n) is 1.92.